The predicted molar refractivity (Wildman–Crippen MR) is 86.3 cm³/mol. The van der Waals surface area contributed by atoms with Crippen LogP contribution in [-0.2, 0) is 17.1 Å². The molecule has 2 N–H and O–H groups in total. The highest BCUT2D eigenvalue weighted by molar-refractivity contribution is 5.79. The number of hydrogen-bond donors (Lipinski definition) is 1. The molecule has 0 aliphatic carbocycles. The maximum Gasteiger partial charge on any atom is 0.433 e. The highest BCUT2D eigenvalue weighted by Gasteiger charge is 2.41. The Morgan fingerprint density at radius 1 is 1.07 bits per heavy atom. The van der Waals surface area contributed by atoms with Gasteiger partial charge in [0.15, 0.2) is 0 Å². The maximum absolute atomic E-state index is 12.9. The SMILES string of the molecule is CCC(C(=O)Oc1ccc(N)c(C)c1)c1nc(C(F)(F)F)cc(C(F)(F)F)n1. The minimum absolute atomic E-state index is 0.0400. The number of nitrogens with zero attached hydrogens (tertiary/aromatic N) is 2. The van der Waals surface area contributed by atoms with E-state index in [1.165, 1.54) is 25.1 Å². The first kappa shape index (κ1) is 21.5. The third-order valence-electron chi connectivity index (χ3n) is 3.79. The number of hydrogen-bond acceptors (Lipinski definition) is 5. The summed E-state index contributed by atoms with van der Waals surface area (Å²) in [5.74, 6) is -3.49. The van der Waals surface area contributed by atoms with Crippen molar-refractivity contribution < 1.29 is 35.9 Å². The summed E-state index contributed by atoms with van der Waals surface area (Å²) in [6, 6.07) is 4.00. The second kappa shape index (κ2) is 7.64. The van der Waals surface area contributed by atoms with Gasteiger partial charge in [-0.15, -0.1) is 0 Å². The van der Waals surface area contributed by atoms with Crippen molar-refractivity contribution in [3.05, 3.63) is 47.0 Å². The van der Waals surface area contributed by atoms with Gasteiger partial charge in [-0.25, -0.2) is 9.97 Å². The zero-order valence-electron chi connectivity index (χ0n) is 14.6. The maximum atomic E-state index is 12.9. The lowest BCUT2D eigenvalue weighted by atomic mass is 10.1. The lowest BCUT2D eigenvalue weighted by Crippen LogP contribution is -2.24. The quantitative estimate of drug-likeness (QED) is 0.349. The second-order valence-corrected chi connectivity index (χ2v) is 5.89. The molecule has 152 valence electrons. The molecule has 28 heavy (non-hydrogen) atoms. The molecule has 1 aromatic carbocycles. The molecule has 0 amide bonds. The fourth-order valence-electron chi connectivity index (χ4n) is 2.27. The van der Waals surface area contributed by atoms with Crippen LogP contribution in [0.4, 0.5) is 32.0 Å². The summed E-state index contributed by atoms with van der Waals surface area (Å²) in [5, 5.41) is 0. The number of carbonyl (C=O) groups excluding carboxylic acids is 1. The number of nitrogens with two attached hydrogens (primary N) is 1. The monoisotopic (exact) mass is 407 g/mol. The first-order valence-corrected chi connectivity index (χ1v) is 7.94. The zero-order valence-corrected chi connectivity index (χ0v) is 14.6. The van der Waals surface area contributed by atoms with E-state index < -0.39 is 41.5 Å². The van der Waals surface area contributed by atoms with Crippen LogP contribution in [0, 0.1) is 6.92 Å². The van der Waals surface area contributed by atoms with E-state index in [0.29, 0.717) is 11.3 Å². The van der Waals surface area contributed by atoms with Crippen molar-refractivity contribution in [1.82, 2.24) is 9.97 Å². The number of rotatable bonds is 4. The normalized spacial score (nSPS) is 13.3. The van der Waals surface area contributed by atoms with Crippen molar-refractivity contribution in [2.75, 3.05) is 5.73 Å². The van der Waals surface area contributed by atoms with Gasteiger partial charge in [-0.05, 0) is 43.2 Å². The number of alkyl halides is 6. The zero-order chi connectivity index (χ0) is 21.3. The van der Waals surface area contributed by atoms with Gasteiger partial charge in [0.05, 0.1) is 0 Å². The van der Waals surface area contributed by atoms with Gasteiger partial charge in [0.25, 0.3) is 0 Å². The number of ether oxygens (including phenoxy) is 1. The average molecular weight is 407 g/mol. The van der Waals surface area contributed by atoms with E-state index in [0.717, 1.165) is 0 Å². The molecular weight excluding hydrogens is 392 g/mol. The highest BCUT2D eigenvalue weighted by Crippen LogP contribution is 2.35. The van der Waals surface area contributed by atoms with Crippen molar-refractivity contribution in [1.29, 1.82) is 0 Å². The Morgan fingerprint density at radius 2 is 1.61 bits per heavy atom. The average Bonchev–Trinajstić information content (AvgIpc) is 2.57. The molecule has 0 spiro atoms. The Balaban J connectivity index is 2.43. The molecular formula is C17H15F6N3O2. The summed E-state index contributed by atoms with van der Waals surface area (Å²) in [4.78, 5) is 18.6. The number of halogens is 6. The van der Waals surface area contributed by atoms with Crippen LogP contribution in [0.1, 0.15) is 42.0 Å². The van der Waals surface area contributed by atoms with Crippen LogP contribution in [0.3, 0.4) is 0 Å². The lowest BCUT2D eigenvalue weighted by Gasteiger charge is -2.17. The van der Waals surface area contributed by atoms with Gasteiger partial charge < -0.3 is 10.5 Å². The third kappa shape index (κ3) is 4.90. The van der Waals surface area contributed by atoms with E-state index in [1.54, 1.807) is 6.92 Å². The van der Waals surface area contributed by atoms with Gasteiger partial charge in [0.2, 0.25) is 0 Å². The lowest BCUT2D eigenvalue weighted by molar-refractivity contribution is -0.149. The van der Waals surface area contributed by atoms with Gasteiger partial charge in [-0.1, -0.05) is 6.92 Å². The highest BCUT2D eigenvalue weighted by atomic mass is 19.4. The molecule has 0 radical (unpaired) electrons. The fraction of sp³-hybridized carbons (Fsp3) is 0.353. The molecule has 0 aliphatic heterocycles. The van der Waals surface area contributed by atoms with Crippen molar-refractivity contribution in [3.8, 4) is 5.75 Å². The van der Waals surface area contributed by atoms with E-state index in [1.807, 2.05) is 0 Å². The molecule has 5 nitrogen and oxygen atoms in total. The van der Waals surface area contributed by atoms with Crippen molar-refractivity contribution in [3.63, 3.8) is 0 Å². The molecule has 0 aliphatic rings. The molecule has 0 saturated carbocycles. The smallest absolute Gasteiger partial charge is 0.426 e. The number of esters is 1. The van der Waals surface area contributed by atoms with E-state index in [4.69, 9.17) is 10.5 Å². The minimum atomic E-state index is -5.14. The van der Waals surface area contributed by atoms with Gasteiger partial charge in [-0.3, -0.25) is 4.79 Å². The van der Waals surface area contributed by atoms with Crippen molar-refractivity contribution in [2.45, 2.75) is 38.5 Å². The van der Waals surface area contributed by atoms with Crippen LogP contribution < -0.4 is 10.5 Å². The summed E-state index contributed by atoms with van der Waals surface area (Å²) in [5.41, 5.74) is 3.05. The molecule has 2 rings (SSSR count). The largest absolute Gasteiger partial charge is 0.433 e. The topological polar surface area (TPSA) is 78.1 Å². The molecule has 1 unspecified atom stereocenters. The number of nitrogen functional groups attached to an aromatic ring is 1. The second-order valence-electron chi connectivity index (χ2n) is 5.89. The Bertz CT molecular complexity index is 848. The van der Waals surface area contributed by atoms with Crippen LogP contribution in [0.5, 0.6) is 5.75 Å². The summed E-state index contributed by atoms with van der Waals surface area (Å²) in [7, 11) is 0. The standard InChI is InChI=1S/C17H15F6N3O2/c1-3-10(15(27)28-9-4-5-11(24)8(2)6-9)14-25-12(16(18,19)20)7-13(26-14)17(21,22)23/h4-7,10H,3,24H2,1-2H3. The van der Waals surface area contributed by atoms with Crippen LogP contribution in [0.2, 0.25) is 0 Å². The first-order chi connectivity index (χ1) is 12.8. The van der Waals surface area contributed by atoms with Crippen LogP contribution >= 0.6 is 0 Å². The van der Waals surface area contributed by atoms with Gasteiger partial charge >= 0.3 is 18.3 Å². The summed E-state index contributed by atoms with van der Waals surface area (Å²) in [6.07, 6.45) is -10.5. The molecule has 0 saturated heterocycles. The Labute approximate surface area is 155 Å². The molecule has 1 atom stereocenters. The molecule has 0 bridgehead atoms. The summed E-state index contributed by atoms with van der Waals surface area (Å²) in [6.45, 7) is 3.02. The summed E-state index contributed by atoms with van der Waals surface area (Å²) < 4.78 is 82.8. The van der Waals surface area contributed by atoms with E-state index in [-0.39, 0.29) is 18.2 Å². The number of anilines is 1. The molecule has 1 heterocycles. The van der Waals surface area contributed by atoms with Crippen LogP contribution in [0.15, 0.2) is 24.3 Å². The van der Waals surface area contributed by atoms with Crippen molar-refractivity contribution >= 4 is 11.7 Å². The molecule has 2 aromatic rings. The van der Waals surface area contributed by atoms with E-state index >= 15 is 0 Å². The Morgan fingerprint density at radius 3 is 2.04 bits per heavy atom. The van der Waals surface area contributed by atoms with Crippen LogP contribution in [0.25, 0.3) is 0 Å². The fourth-order valence-corrected chi connectivity index (χ4v) is 2.27. The van der Waals surface area contributed by atoms with E-state index in [2.05, 4.69) is 9.97 Å². The third-order valence-corrected chi connectivity index (χ3v) is 3.79. The minimum Gasteiger partial charge on any atom is -0.426 e. The molecule has 1 aromatic heterocycles. The molecule has 11 heteroatoms. The Kier molecular flexibility index (Phi) is 5.86. The summed E-state index contributed by atoms with van der Waals surface area (Å²) >= 11 is 0. The number of aryl methyl sites for hydroxylation is 1. The predicted octanol–water partition coefficient (Wildman–Crippen LogP) is 4.50. The Hall–Kier alpha value is -2.85. The number of benzene rings is 1. The van der Waals surface area contributed by atoms with Crippen LogP contribution in [-0.4, -0.2) is 15.9 Å². The first-order valence-electron chi connectivity index (χ1n) is 7.94. The number of carbonyl (C=O) groups is 1. The van der Waals surface area contributed by atoms with E-state index in [9.17, 15) is 31.1 Å². The van der Waals surface area contributed by atoms with Gasteiger partial charge in [0, 0.05) is 5.69 Å². The van der Waals surface area contributed by atoms with Gasteiger partial charge in [-0.2, -0.15) is 26.3 Å². The number of aromatic nitrogens is 2. The van der Waals surface area contributed by atoms with Crippen molar-refractivity contribution in [2.24, 2.45) is 0 Å². The molecule has 0 fully saturated rings. The van der Waals surface area contributed by atoms with Gasteiger partial charge in [0.1, 0.15) is 28.9 Å².